The molecule has 0 fully saturated rings. The van der Waals surface area contributed by atoms with E-state index in [1.54, 1.807) is 12.1 Å². The third-order valence-corrected chi connectivity index (χ3v) is 3.72. The Balaban J connectivity index is 1.83. The predicted molar refractivity (Wildman–Crippen MR) is 93.2 cm³/mol. The van der Waals surface area contributed by atoms with Crippen molar-refractivity contribution in [2.75, 3.05) is 5.32 Å². The fourth-order valence-corrected chi connectivity index (χ4v) is 2.51. The van der Waals surface area contributed by atoms with E-state index in [1.807, 2.05) is 42.5 Å². The van der Waals surface area contributed by atoms with Crippen LogP contribution >= 0.6 is 0 Å². The zero-order valence-electron chi connectivity index (χ0n) is 13.1. The summed E-state index contributed by atoms with van der Waals surface area (Å²) in [7, 11) is 0. The molecule has 1 amide bonds. The molecule has 0 aromatic heterocycles. The van der Waals surface area contributed by atoms with Gasteiger partial charge in [-0.15, -0.1) is 0 Å². The van der Waals surface area contributed by atoms with Gasteiger partial charge in [-0.05, 0) is 35.4 Å². The van der Waals surface area contributed by atoms with E-state index in [9.17, 15) is 14.0 Å². The van der Waals surface area contributed by atoms with Crippen LogP contribution in [0.15, 0.2) is 72.8 Å². The highest BCUT2D eigenvalue weighted by Crippen LogP contribution is 2.22. The van der Waals surface area contributed by atoms with E-state index in [1.165, 1.54) is 12.1 Å². The molecule has 0 saturated carbocycles. The van der Waals surface area contributed by atoms with E-state index in [2.05, 4.69) is 5.32 Å². The van der Waals surface area contributed by atoms with E-state index in [4.69, 9.17) is 5.11 Å². The number of benzene rings is 3. The lowest BCUT2D eigenvalue weighted by Gasteiger charge is -2.09. The number of carbonyl (C=O) groups is 2. The second-order valence-electron chi connectivity index (χ2n) is 5.37. The van der Waals surface area contributed by atoms with Crippen LogP contribution in [-0.4, -0.2) is 17.0 Å². The smallest absolute Gasteiger partial charge is 0.339 e. The summed E-state index contributed by atoms with van der Waals surface area (Å²) in [5.41, 5.74) is 1.65. The van der Waals surface area contributed by atoms with Crippen molar-refractivity contribution < 1.29 is 19.1 Å². The molecule has 25 heavy (non-hydrogen) atoms. The summed E-state index contributed by atoms with van der Waals surface area (Å²) in [6.45, 7) is 0. The highest BCUT2D eigenvalue weighted by atomic mass is 19.1. The second kappa shape index (κ2) is 6.97. The van der Waals surface area contributed by atoms with Crippen molar-refractivity contribution in [1.29, 1.82) is 0 Å². The van der Waals surface area contributed by atoms with Crippen LogP contribution in [0, 0.1) is 5.82 Å². The molecule has 4 nitrogen and oxygen atoms in total. The maximum Gasteiger partial charge on any atom is 0.339 e. The average Bonchev–Trinajstić information content (AvgIpc) is 2.62. The second-order valence-corrected chi connectivity index (χ2v) is 5.37. The van der Waals surface area contributed by atoms with Crippen molar-refractivity contribution in [1.82, 2.24) is 0 Å². The Kier molecular flexibility index (Phi) is 4.57. The Morgan fingerprint density at radius 2 is 1.44 bits per heavy atom. The summed E-state index contributed by atoms with van der Waals surface area (Å²) < 4.78 is 13.7. The largest absolute Gasteiger partial charge is 0.478 e. The van der Waals surface area contributed by atoms with Gasteiger partial charge in [0.25, 0.3) is 5.91 Å². The first kappa shape index (κ1) is 16.4. The molecule has 0 bridgehead atoms. The zero-order chi connectivity index (χ0) is 17.8. The number of carboxylic acids is 1. The van der Waals surface area contributed by atoms with E-state index in [0.717, 1.165) is 17.2 Å². The number of anilines is 1. The minimum absolute atomic E-state index is 0.223. The summed E-state index contributed by atoms with van der Waals surface area (Å²) >= 11 is 0. The molecule has 5 heteroatoms. The Hall–Kier alpha value is -3.47. The number of carbonyl (C=O) groups excluding carboxylic acids is 1. The first-order valence-electron chi connectivity index (χ1n) is 7.55. The molecular weight excluding hydrogens is 321 g/mol. The van der Waals surface area contributed by atoms with Crippen LogP contribution in [0.5, 0.6) is 0 Å². The molecule has 0 spiro atoms. The van der Waals surface area contributed by atoms with Gasteiger partial charge in [0.1, 0.15) is 11.4 Å². The maximum absolute atomic E-state index is 13.7. The third kappa shape index (κ3) is 3.55. The van der Waals surface area contributed by atoms with Gasteiger partial charge in [0.05, 0.1) is 5.56 Å². The quantitative estimate of drug-likeness (QED) is 0.740. The van der Waals surface area contributed by atoms with Crippen molar-refractivity contribution in [2.45, 2.75) is 0 Å². The third-order valence-electron chi connectivity index (χ3n) is 3.72. The summed E-state index contributed by atoms with van der Waals surface area (Å²) in [5.74, 6) is -3.10. The summed E-state index contributed by atoms with van der Waals surface area (Å²) in [6, 6.07) is 20.4. The monoisotopic (exact) mass is 335 g/mol. The van der Waals surface area contributed by atoms with Gasteiger partial charge in [0, 0.05) is 5.69 Å². The number of carboxylic acid groups (broad SMARTS) is 1. The van der Waals surface area contributed by atoms with E-state index in [-0.39, 0.29) is 5.56 Å². The van der Waals surface area contributed by atoms with Gasteiger partial charge in [-0.2, -0.15) is 0 Å². The number of hydrogen-bond donors (Lipinski definition) is 2. The van der Waals surface area contributed by atoms with Gasteiger partial charge in [-0.1, -0.05) is 48.5 Å². The number of rotatable bonds is 4. The molecule has 0 unspecified atom stereocenters. The molecule has 3 aromatic rings. The van der Waals surface area contributed by atoms with Gasteiger partial charge in [0.2, 0.25) is 0 Å². The highest BCUT2D eigenvalue weighted by Gasteiger charge is 2.20. The maximum atomic E-state index is 13.7. The number of hydrogen-bond acceptors (Lipinski definition) is 2. The van der Waals surface area contributed by atoms with Crippen LogP contribution in [0.3, 0.4) is 0 Å². The average molecular weight is 335 g/mol. The SMILES string of the molecule is O=C(Nc1ccc(-c2ccccc2)cc1)c1cccc(F)c1C(=O)O. The standard InChI is InChI=1S/C20H14FNO3/c21-17-8-4-7-16(18(17)20(24)25)19(23)22-15-11-9-14(10-12-15)13-5-2-1-3-6-13/h1-12H,(H,22,23)(H,24,25). The van der Waals surface area contributed by atoms with E-state index < -0.39 is 23.3 Å². The Morgan fingerprint density at radius 1 is 0.800 bits per heavy atom. The van der Waals surface area contributed by atoms with Gasteiger partial charge in [-0.25, -0.2) is 9.18 Å². The lowest BCUT2D eigenvalue weighted by atomic mass is 10.0. The van der Waals surface area contributed by atoms with Crippen LogP contribution in [0.2, 0.25) is 0 Å². The van der Waals surface area contributed by atoms with Crippen LogP contribution < -0.4 is 5.32 Å². The first-order valence-corrected chi connectivity index (χ1v) is 7.55. The van der Waals surface area contributed by atoms with Gasteiger partial charge >= 0.3 is 5.97 Å². The van der Waals surface area contributed by atoms with Crippen LogP contribution in [-0.2, 0) is 0 Å². The highest BCUT2D eigenvalue weighted by molar-refractivity contribution is 6.10. The lowest BCUT2D eigenvalue weighted by molar-refractivity contribution is 0.0687. The molecule has 0 aliphatic heterocycles. The lowest BCUT2D eigenvalue weighted by Crippen LogP contribution is -2.17. The van der Waals surface area contributed by atoms with Crippen LogP contribution in [0.1, 0.15) is 20.7 Å². The Bertz CT molecular complexity index is 921. The van der Waals surface area contributed by atoms with Crippen molar-refractivity contribution >= 4 is 17.6 Å². The molecular formula is C20H14FNO3. The number of aromatic carboxylic acids is 1. The molecule has 0 aliphatic rings. The number of halogens is 1. The Labute approximate surface area is 143 Å². The molecule has 0 radical (unpaired) electrons. The minimum Gasteiger partial charge on any atom is -0.478 e. The summed E-state index contributed by atoms with van der Waals surface area (Å²) in [5, 5.41) is 11.7. The summed E-state index contributed by atoms with van der Waals surface area (Å²) in [6.07, 6.45) is 0. The molecule has 0 heterocycles. The van der Waals surface area contributed by atoms with E-state index in [0.29, 0.717) is 5.69 Å². The zero-order valence-corrected chi connectivity index (χ0v) is 13.1. The fourth-order valence-electron chi connectivity index (χ4n) is 2.51. The summed E-state index contributed by atoms with van der Waals surface area (Å²) in [4.78, 5) is 23.5. The molecule has 2 N–H and O–H groups in total. The molecule has 0 aliphatic carbocycles. The molecule has 124 valence electrons. The van der Waals surface area contributed by atoms with Crippen LogP contribution in [0.4, 0.5) is 10.1 Å². The van der Waals surface area contributed by atoms with Crippen molar-refractivity contribution in [3.8, 4) is 11.1 Å². The van der Waals surface area contributed by atoms with Crippen molar-refractivity contribution in [3.63, 3.8) is 0 Å². The number of nitrogens with one attached hydrogen (secondary N) is 1. The van der Waals surface area contributed by atoms with Gasteiger partial charge < -0.3 is 10.4 Å². The topological polar surface area (TPSA) is 66.4 Å². The fraction of sp³-hybridized carbons (Fsp3) is 0. The minimum atomic E-state index is -1.48. The number of amides is 1. The first-order chi connectivity index (χ1) is 12.1. The predicted octanol–water partition coefficient (Wildman–Crippen LogP) is 4.44. The van der Waals surface area contributed by atoms with Crippen molar-refractivity contribution in [3.05, 3.63) is 89.7 Å². The van der Waals surface area contributed by atoms with Gasteiger partial charge in [0.15, 0.2) is 0 Å². The Morgan fingerprint density at radius 3 is 2.08 bits per heavy atom. The molecule has 3 aromatic carbocycles. The van der Waals surface area contributed by atoms with E-state index >= 15 is 0 Å². The normalized spacial score (nSPS) is 10.3. The molecule has 3 rings (SSSR count). The van der Waals surface area contributed by atoms with Gasteiger partial charge in [-0.3, -0.25) is 4.79 Å². The molecule has 0 saturated heterocycles. The van der Waals surface area contributed by atoms with Crippen molar-refractivity contribution in [2.24, 2.45) is 0 Å². The van der Waals surface area contributed by atoms with Crippen LogP contribution in [0.25, 0.3) is 11.1 Å². The molecule has 0 atom stereocenters.